The number of unbranched alkanes of at least 4 members (excludes halogenated alkanes) is 3. The van der Waals surface area contributed by atoms with Crippen LogP contribution in [0.25, 0.3) is 11.0 Å². The molecule has 1 aromatic heterocycles. The molecule has 0 aliphatic carbocycles. The quantitative estimate of drug-likeness (QED) is 0.123. The van der Waals surface area contributed by atoms with Gasteiger partial charge in [0.05, 0.1) is 12.2 Å². The number of furan rings is 1. The van der Waals surface area contributed by atoms with E-state index < -0.39 is 0 Å². The average molecular weight is 527 g/mol. The molecule has 0 saturated heterocycles. The predicted molar refractivity (Wildman–Crippen MR) is 154 cm³/mol. The number of fused-ring (bicyclic) bond motifs is 1. The van der Waals surface area contributed by atoms with Crippen molar-refractivity contribution in [2.45, 2.75) is 72.1 Å². The minimum Gasteiger partial charge on any atom is -0.494 e. The summed E-state index contributed by atoms with van der Waals surface area (Å²) in [6.07, 6.45) is 8.69. The van der Waals surface area contributed by atoms with E-state index in [1.165, 1.54) is 38.8 Å². The van der Waals surface area contributed by atoms with Crippen LogP contribution in [0.2, 0.25) is 0 Å². The van der Waals surface area contributed by atoms with Gasteiger partial charge >= 0.3 is 0 Å². The lowest BCUT2D eigenvalue weighted by molar-refractivity contribution is 0.103. The fraction of sp³-hybridized carbons (Fsp3) is 0.500. The van der Waals surface area contributed by atoms with E-state index in [0.29, 0.717) is 29.0 Å². The highest BCUT2D eigenvalue weighted by Crippen LogP contribution is 2.31. The van der Waals surface area contributed by atoms with Crippen molar-refractivity contribution in [3.05, 3.63) is 59.4 Å². The molecular formula is C30H42N2O4S. The van der Waals surface area contributed by atoms with E-state index in [0.717, 1.165) is 49.1 Å². The van der Waals surface area contributed by atoms with Crippen LogP contribution in [0, 0.1) is 0 Å². The molecule has 6 nitrogen and oxygen atoms in total. The van der Waals surface area contributed by atoms with Gasteiger partial charge in [0.25, 0.3) is 0 Å². The van der Waals surface area contributed by atoms with Crippen LogP contribution in [0.1, 0.15) is 87.4 Å². The summed E-state index contributed by atoms with van der Waals surface area (Å²) >= 11 is 2.83. The molecule has 0 aliphatic heterocycles. The summed E-state index contributed by atoms with van der Waals surface area (Å²) in [5, 5.41) is 0.789. The number of hydrogen-bond donors (Lipinski definition) is 1. The fourth-order valence-electron chi connectivity index (χ4n) is 4.35. The van der Waals surface area contributed by atoms with E-state index in [1.807, 2.05) is 42.5 Å². The van der Waals surface area contributed by atoms with Crippen LogP contribution in [0.5, 0.6) is 5.75 Å². The minimum absolute atomic E-state index is 0.0329. The molecule has 0 spiro atoms. The zero-order chi connectivity index (χ0) is 27.0. The van der Waals surface area contributed by atoms with Crippen molar-refractivity contribution in [1.29, 1.82) is 0 Å². The Balaban J connectivity index is 0.00000235. The number of nitrogens with zero attached hydrogens (tertiary/aromatic N) is 1. The summed E-state index contributed by atoms with van der Waals surface area (Å²) in [6, 6.07) is 13.0. The Kier molecular flexibility index (Phi) is 13.9. The SMILES string of the molecule is CCCCc1oc2ccc(N)cc2c1C(=O)c1ccc(OCCCN(CCCC)CCCC)cc1.O=S. The van der Waals surface area contributed by atoms with Crippen LogP contribution in [-0.4, -0.2) is 41.1 Å². The van der Waals surface area contributed by atoms with Crippen molar-refractivity contribution in [3.8, 4) is 5.75 Å². The number of carbonyl (C=O) groups is 1. The summed E-state index contributed by atoms with van der Waals surface area (Å²) < 4.78 is 19.9. The van der Waals surface area contributed by atoms with Crippen LogP contribution in [0.15, 0.2) is 46.9 Å². The van der Waals surface area contributed by atoms with Gasteiger partial charge in [-0.2, -0.15) is 4.21 Å². The largest absolute Gasteiger partial charge is 0.494 e. The Bertz CT molecular complexity index is 1070. The Hall–Kier alpha value is -2.77. The monoisotopic (exact) mass is 526 g/mol. The number of nitrogens with two attached hydrogens (primary N) is 1. The van der Waals surface area contributed by atoms with Crippen LogP contribution < -0.4 is 10.5 Å². The second-order valence-electron chi connectivity index (χ2n) is 9.36. The molecule has 0 aliphatic rings. The van der Waals surface area contributed by atoms with Crippen molar-refractivity contribution in [3.63, 3.8) is 0 Å². The van der Waals surface area contributed by atoms with Gasteiger partial charge in [-0.25, -0.2) is 0 Å². The van der Waals surface area contributed by atoms with E-state index in [2.05, 4.69) is 38.2 Å². The first-order chi connectivity index (χ1) is 18.1. The molecule has 0 fully saturated rings. The van der Waals surface area contributed by atoms with Gasteiger partial charge in [-0.1, -0.05) is 40.0 Å². The molecule has 202 valence electrons. The zero-order valence-electron chi connectivity index (χ0n) is 22.6. The summed E-state index contributed by atoms with van der Waals surface area (Å²) in [5.74, 6) is 1.51. The van der Waals surface area contributed by atoms with Crippen molar-refractivity contribution in [1.82, 2.24) is 4.90 Å². The van der Waals surface area contributed by atoms with E-state index in [-0.39, 0.29) is 5.78 Å². The van der Waals surface area contributed by atoms with Crippen LogP contribution in [0.4, 0.5) is 5.69 Å². The first kappa shape index (κ1) is 30.5. The minimum atomic E-state index is -0.0329. The van der Waals surface area contributed by atoms with Crippen molar-refractivity contribution < 1.29 is 18.2 Å². The third-order valence-electron chi connectivity index (χ3n) is 6.43. The first-order valence-corrected chi connectivity index (χ1v) is 13.9. The highest BCUT2D eigenvalue weighted by Gasteiger charge is 2.22. The van der Waals surface area contributed by atoms with E-state index in [4.69, 9.17) is 19.1 Å². The average Bonchev–Trinajstić information content (AvgIpc) is 3.29. The smallest absolute Gasteiger partial charge is 0.197 e. The lowest BCUT2D eigenvalue weighted by Gasteiger charge is -2.21. The van der Waals surface area contributed by atoms with Crippen molar-refractivity contribution >= 4 is 35.0 Å². The molecule has 3 aromatic rings. The fourth-order valence-corrected chi connectivity index (χ4v) is 4.35. The number of nitrogen functional groups attached to an aromatic ring is 1. The highest BCUT2D eigenvalue weighted by atomic mass is 32.1. The Morgan fingerprint density at radius 3 is 2.14 bits per heavy atom. The number of carbonyl (C=O) groups excluding carboxylic acids is 1. The number of aryl methyl sites for hydroxylation is 1. The first-order valence-electron chi connectivity index (χ1n) is 13.5. The number of ether oxygens (including phenoxy) is 1. The molecule has 0 bridgehead atoms. The van der Waals surface area contributed by atoms with Gasteiger partial charge < -0.3 is 19.8 Å². The number of rotatable bonds is 16. The van der Waals surface area contributed by atoms with Gasteiger partial charge in [0.1, 0.15) is 17.1 Å². The second-order valence-corrected chi connectivity index (χ2v) is 9.36. The molecule has 1 heterocycles. The van der Waals surface area contributed by atoms with Crippen molar-refractivity contribution in [2.24, 2.45) is 0 Å². The molecule has 0 saturated carbocycles. The molecule has 2 aromatic carbocycles. The standard InChI is InChI=1S/C30H42N2O3.OS/c1-4-7-11-28-29(26-22-24(31)14-17-27(26)35-28)30(33)23-12-15-25(16-13-23)34-21-10-20-32(18-8-5-2)19-9-6-3;1-2/h12-17,22H,4-11,18-21,31H2,1-3H3;. The number of ketones is 1. The summed E-state index contributed by atoms with van der Waals surface area (Å²) in [7, 11) is 0. The lowest BCUT2D eigenvalue weighted by atomic mass is 9.98. The molecule has 0 unspecified atom stereocenters. The van der Waals surface area contributed by atoms with Gasteiger partial charge in [0.2, 0.25) is 0 Å². The van der Waals surface area contributed by atoms with E-state index in [9.17, 15) is 4.79 Å². The maximum absolute atomic E-state index is 13.5. The number of anilines is 1. The highest BCUT2D eigenvalue weighted by molar-refractivity contribution is 7.44. The third-order valence-corrected chi connectivity index (χ3v) is 6.43. The van der Waals surface area contributed by atoms with Crippen molar-refractivity contribution in [2.75, 3.05) is 32.0 Å². The van der Waals surface area contributed by atoms with Crippen LogP contribution in [-0.2, 0) is 19.0 Å². The molecule has 3 rings (SSSR count). The molecule has 0 amide bonds. The van der Waals surface area contributed by atoms with Gasteiger partial charge in [-0.15, -0.1) is 0 Å². The van der Waals surface area contributed by atoms with Gasteiger partial charge in [0, 0.05) is 29.6 Å². The number of hydrogen-bond acceptors (Lipinski definition) is 7. The van der Waals surface area contributed by atoms with Gasteiger partial charge in [0.15, 0.2) is 18.3 Å². The number of benzene rings is 2. The second kappa shape index (κ2) is 16.9. The Labute approximate surface area is 227 Å². The predicted octanol–water partition coefficient (Wildman–Crippen LogP) is 6.92. The van der Waals surface area contributed by atoms with Crippen LogP contribution >= 0.6 is 0 Å². The summed E-state index contributed by atoms with van der Waals surface area (Å²) in [4.78, 5) is 16.0. The van der Waals surface area contributed by atoms with Gasteiger partial charge in [-0.3, -0.25) is 4.79 Å². The molecule has 7 heteroatoms. The molecular weight excluding hydrogens is 484 g/mol. The lowest BCUT2D eigenvalue weighted by Crippen LogP contribution is -2.28. The maximum Gasteiger partial charge on any atom is 0.197 e. The van der Waals surface area contributed by atoms with Crippen LogP contribution in [0.3, 0.4) is 0 Å². The Morgan fingerprint density at radius 2 is 1.51 bits per heavy atom. The van der Waals surface area contributed by atoms with E-state index >= 15 is 0 Å². The van der Waals surface area contributed by atoms with Gasteiger partial charge in [-0.05, 0) is 81.2 Å². The normalized spacial score (nSPS) is 10.9. The molecule has 0 atom stereocenters. The topological polar surface area (TPSA) is 85.8 Å². The molecule has 2 N–H and O–H groups in total. The summed E-state index contributed by atoms with van der Waals surface area (Å²) in [5.41, 5.74) is 8.61. The molecule has 0 radical (unpaired) electrons. The zero-order valence-corrected chi connectivity index (χ0v) is 23.4. The third kappa shape index (κ3) is 9.24. The maximum atomic E-state index is 13.5. The molecule has 37 heavy (non-hydrogen) atoms. The summed E-state index contributed by atoms with van der Waals surface area (Å²) in [6.45, 7) is 10.7. The Morgan fingerprint density at radius 1 is 0.892 bits per heavy atom. The van der Waals surface area contributed by atoms with E-state index in [1.54, 1.807) is 0 Å².